The van der Waals surface area contributed by atoms with Gasteiger partial charge in [-0.2, -0.15) is 0 Å². The predicted molar refractivity (Wildman–Crippen MR) is 87.8 cm³/mol. The van der Waals surface area contributed by atoms with E-state index in [9.17, 15) is 5.11 Å². The number of aromatic hydroxyl groups is 1. The van der Waals surface area contributed by atoms with E-state index in [1.54, 1.807) is 12.1 Å². The molecule has 0 atom stereocenters. The number of hydrogen-bond donors (Lipinski definition) is 1. The average Bonchev–Trinajstić information content (AvgIpc) is 2.54. The largest absolute Gasteiger partial charge is 0.507 e. The number of aryl methyl sites for hydroxylation is 1. The van der Waals surface area contributed by atoms with E-state index >= 15 is 0 Å². The number of phenolic OH excluding ortho intramolecular Hbond substituents is 1. The molecule has 0 unspecified atom stereocenters. The van der Waals surface area contributed by atoms with E-state index in [4.69, 9.17) is 9.47 Å². The van der Waals surface area contributed by atoms with E-state index in [0.717, 1.165) is 27.8 Å². The molecule has 0 aliphatic heterocycles. The first kappa shape index (κ1) is 14.3. The third kappa shape index (κ3) is 3.14. The summed E-state index contributed by atoms with van der Waals surface area (Å²) in [6.07, 6.45) is 0. The number of phenols is 1. The first-order valence-corrected chi connectivity index (χ1v) is 7.27. The first-order valence-electron chi connectivity index (χ1n) is 7.27. The summed E-state index contributed by atoms with van der Waals surface area (Å²) in [5, 5.41) is 11.6. The molecule has 3 heteroatoms. The Morgan fingerprint density at radius 1 is 0.818 bits per heavy atom. The molecule has 22 heavy (non-hydrogen) atoms. The van der Waals surface area contributed by atoms with Gasteiger partial charge in [0.15, 0.2) is 0 Å². The lowest BCUT2D eigenvalue weighted by Gasteiger charge is -2.12. The Kier molecular flexibility index (Phi) is 4.15. The summed E-state index contributed by atoms with van der Waals surface area (Å²) in [6.45, 7) is 2.94. The highest BCUT2D eigenvalue weighted by molar-refractivity contribution is 5.93. The van der Waals surface area contributed by atoms with Gasteiger partial charge >= 0.3 is 0 Å². The van der Waals surface area contributed by atoms with Gasteiger partial charge in [-0.15, -0.1) is 0 Å². The second kappa shape index (κ2) is 6.39. The summed E-state index contributed by atoms with van der Waals surface area (Å²) in [4.78, 5) is 0. The Balaban J connectivity index is 1.69. The zero-order valence-corrected chi connectivity index (χ0v) is 12.5. The number of para-hydroxylation sites is 1. The Bertz CT molecular complexity index is 766. The Morgan fingerprint density at radius 3 is 2.41 bits per heavy atom. The molecule has 1 N–H and O–H groups in total. The number of fused-ring (bicyclic) bond motifs is 1. The summed E-state index contributed by atoms with van der Waals surface area (Å²) in [5.74, 6) is 1.86. The quantitative estimate of drug-likeness (QED) is 0.713. The molecule has 0 saturated carbocycles. The van der Waals surface area contributed by atoms with Gasteiger partial charge in [0.2, 0.25) is 0 Å². The van der Waals surface area contributed by atoms with Gasteiger partial charge in [0.05, 0.1) is 0 Å². The molecule has 0 bridgehead atoms. The van der Waals surface area contributed by atoms with E-state index in [0.29, 0.717) is 13.2 Å². The van der Waals surface area contributed by atoms with Crippen LogP contribution >= 0.6 is 0 Å². The van der Waals surface area contributed by atoms with Crippen LogP contribution in [-0.4, -0.2) is 18.3 Å². The van der Waals surface area contributed by atoms with Crippen LogP contribution in [-0.2, 0) is 0 Å². The topological polar surface area (TPSA) is 38.7 Å². The molecule has 3 rings (SSSR count). The smallest absolute Gasteiger partial charge is 0.127 e. The minimum atomic E-state index is 0.267. The molecule has 0 heterocycles. The highest BCUT2D eigenvalue weighted by atomic mass is 16.5. The summed E-state index contributed by atoms with van der Waals surface area (Å²) in [7, 11) is 0. The van der Waals surface area contributed by atoms with E-state index in [-0.39, 0.29) is 5.75 Å². The van der Waals surface area contributed by atoms with Crippen LogP contribution in [0.4, 0.5) is 0 Å². The zero-order chi connectivity index (χ0) is 15.4. The van der Waals surface area contributed by atoms with Gasteiger partial charge in [0.1, 0.15) is 30.5 Å². The van der Waals surface area contributed by atoms with E-state index in [1.807, 2.05) is 55.5 Å². The zero-order valence-electron chi connectivity index (χ0n) is 12.5. The first-order chi connectivity index (χ1) is 10.7. The fourth-order valence-electron chi connectivity index (χ4n) is 2.37. The molecular weight excluding hydrogens is 276 g/mol. The van der Waals surface area contributed by atoms with Crippen molar-refractivity contribution in [3.05, 3.63) is 66.2 Å². The fraction of sp³-hybridized carbons (Fsp3) is 0.158. The van der Waals surface area contributed by atoms with E-state index in [2.05, 4.69) is 0 Å². The maximum absolute atomic E-state index is 9.93. The average molecular weight is 294 g/mol. The predicted octanol–water partition coefficient (Wildman–Crippen LogP) is 4.31. The standard InChI is InChI=1S/C19H18O3/c1-14-7-8-16-17(13-14)19(10-9-18(16)20)22-12-11-21-15-5-3-2-4-6-15/h2-10,13,20H,11-12H2,1H3. The van der Waals surface area contributed by atoms with Crippen molar-refractivity contribution in [3.63, 3.8) is 0 Å². The number of benzene rings is 3. The third-order valence-corrected chi connectivity index (χ3v) is 3.46. The van der Waals surface area contributed by atoms with E-state index in [1.165, 1.54) is 0 Å². The molecule has 112 valence electrons. The van der Waals surface area contributed by atoms with Gasteiger partial charge in [-0.05, 0) is 37.3 Å². The molecule has 3 nitrogen and oxygen atoms in total. The second-order valence-corrected chi connectivity index (χ2v) is 5.14. The van der Waals surface area contributed by atoms with E-state index < -0.39 is 0 Å². The van der Waals surface area contributed by atoms with Crippen LogP contribution in [0.3, 0.4) is 0 Å². The Labute approximate surface area is 129 Å². The Hall–Kier alpha value is -2.68. The normalized spacial score (nSPS) is 10.6. The number of rotatable bonds is 5. The molecule has 0 aromatic heterocycles. The second-order valence-electron chi connectivity index (χ2n) is 5.14. The van der Waals surface area contributed by atoms with Crippen molar-refractivity contribution in [2.24, 2.45) is 0 Å². The van der Waals surface area contributed by atoms with Crippen LogP contribution in [0.2, 0.25) is 0 Å². The van der Waals surface area contributed by atoms with Crippen LogP contribution in [0.5, 0.6) is 17.2 Å². The van der Waals surface area contributed by atoms with Crippen LogP contribution in [0.1, 0.15) is 5.56 Å². The number of ether oxygens (including phenoxy) is 2. The van der Waals surface area contributed by atoms with Crippen molar-refractivity contribution >= 4 is 10.8 Å². The van der Waals surface area contributed by atoms with Gasteiger partial charge in [-0.3, -0.25) is 0 Å². The lowest BCUT2D eigenvalue weighted by Crippen LogP contribution is -2.09. The van der Waals surface area contributed by atoms with Crippen LogP contribution in [0.15, 0.2) is 60.7 Å². The molecule has 3 aromatic carbocycles. The van der Waals surface area contributed by atoms with Gasteiger partial charge < -0.3 is 14.6 Å². The molecule has 0 spiro atoms. The van der Waals surface area contributed by atoms with Crippen LogP contribution < -0.4 is 9.47 Å². The molecule has 0 saturated heterocycles. The highest BCUT2D eigenvalue weighted by Crippen LogP contribution is 2.33. The van der Waals surface area contributed by atoms with Crippen molar-refractivity contribution in [3.8, 4) is 17.2 Å². The van der Waals surface area contributed by atoms with Crippen LogP contribution in [0.25, 0.3) is 10.8 Å². The van der Waals surface area contributed by atoms with Crippen molar-refractivity contribution in [2.45, 2.75) is 6.92 Å². The summed E-state index contributed by atoms with van der Waals surface area (Å²) in [5.41, 5.74) is 1.13. The third-order valence-electron chi connectivity index (χ3n) is 3.46. The lowest BCUT2D eigenvalue weighted by atomic mass is 10.1. The minimum absolute atomic E-state index is 0.267. The summed E-state index contributed by atoms with van der Waals surface area (Å²) in [6, 6.07) is 19.0. The van der Waals surface area contributed by atoms with Gasteiger partial charge in [0, 0.05) is 10.8 Å². The lowest BCUT2D eigenvalue weighted by molar-refractivity contribution is 0.218. The highest BCUT2D eigenvalue weighted by Gasteiger charge is 2.06. The maximum Gasteiger partial charge on any atom is 0.127 e. The van der Waals surface area contributed by atoms with Crippen molar-refractivity contribution in [1.29, 1.82) is 0 Å². The summed E-state index contributed by atoms with van der Waals surface area (Å²) < 4.78 is 11.4. The maximum atomic E-state index is 9.93. The van der Waals surface area contributed by atoms with Crippen molar-refractivity contribution in [2.75, 3.05) is 13.2 Å². The monoisotopic (exact) mass is 294 g/mol. The van der Waals surface area contributed by atoms with Crippen molar-refractivity contribution in [1.82, 2.24) is 0 Å². The van der Waals surface area contributed by atoms with Gasteiger partial charge in [-0.25, -0.2) is 0 Å². The SMILES string of the molecule is Cc1ccc2c(O)ccc(OCCOc3ccccc3)c2c1. The van der Waals surface area contributed by atoms with Gasteiger partial charge in [-0.1, -0.05) is 35.9 Å². The van der Waals surface area contributed by atoms with Crippen molar-refractivity contribution < 1.29 is 14.6 Å². The molecule has 0 aliphatic carbocycles. The summed E-state index contributed by atoms with van der Waals surface area (Å²) >= 11 is 0. The Morgan fingerprint density at radius 2 is 1.59 bits per heavy atom. The fourth-order valence-corrected chi connectivity index (χ4v) is 2.37. The molecule has 0 fully saturated rings. The molecule has 0 amide bonds. The molecule has 3 aromatic rings. The minimum Gasteiger partial charge on any atom is -0.507 e. The number of hydrogen-bond acceptors (Lipinski definition) is 3. The molecular formula is C19H18O3. The molecule has 0 radical (unpaired) electrons. The van der Waals surface area contributed by atoms with Gasteiger partial charge in [0.25, 0.3) is 0 Å². The van der Waals surface area contributed by atoms with Crippen LogP contribution in [0, 0.1) is 6.92 Å². The molecule has 0 aliphatic rings.